The number of hydrogen-bond donors (Lipinski definition) is 2. The average Bonchev–Trinajstić information content (AvgIpc) is 3.26. The summed E-state index contributed by atoms with van der Waals surface area (Å²) in [6.45, 7) is 5.54. The van der Waals surface area contributed by atoms with E-state index in [0.29, 0.717) is 17.0 Å². The molecule has 2 aromatic carbocycles. The molecule has 0 aliphatic carbocycles. The van der Waals surface area contributed by atoms with Crippen LogP contribution in [0.3, 0.4) is 0 Å². The summed E-state index contributed by atoms with van der Waals surface area (Å²) in [4.78, 5) is 28.3. The standard InChI is InChI=1S/C23H25FN4O3/c1-23(2,3)26-21(29)20(15-5-7-16(24)8-6-15)28(22(30)19-13-14-25-27-19)17-9-11-18(31-4)12-10-17/h5-14,20H,1-4H3,(H,25,27)(H,26,29)/t20-/m0/s1. The van der Waals surface area contributed by atoms with Crippen LogP contribution in [-0.2, 0) is 4.79 Å². The highest BCUT2D eigenvalue weighted by atomic mass is 19.1. The third-order valence-corrected chi connectivity index (χ3v) is 4.49. The summed E-state index contributed by atoms with van der Waals surface area (Å²) in [5.74, 6) is -0.686. The van der Waals surface area contributed by atoms with Gasteiger partial charge in [-0.2, -0.15) is 5.10 Å². The smallest absolute Gasteiger partial charge is 0.277 e. The van der Waals surface area contributed by atoms with Crippen molar-refractivity contribution in [2.75, 3.05) is 12.0 Å². The van der Waals surface area contributed by atoms with Gasteiger partial charge in [0.25, 0.3) is 5.91 Å². The number of halogens is 1. The van der Waals surface area contributed by atoms with Crippen molar-refractivity contribution in [3.8, 4) is 5.75 Å². The highest BCUT2D eigenvalue weighted by Crippen LogP contribution is 2.31. The molecule has 0 saturated heterocycles. The van der Waals surface area contributed by atoms with Crippen molar-refractivity contribution in [2.45, 2.75) is 32.4 Å². The first-order chi connectivity index (χ1) is 14.7. The Labute approximate surface area is 180 Å². The molecule has 8 heteroatoms. The molecule has 1 aromatic heterocycles. The van der Waals surface area contributed by atoms with E-state index < -0.39 is 29.2 Å². The van der Waals surface area contributed by atoms with Crippen LogP contribution in [0.4, 0.5) is 10.1 Å². The van der Waals surface area contributed by atoms with Crippen LogP contribution in [0.1, 0.15) is 42.9 Å². The Morgan fingerprint density at radius 3 is 2.23 bits per heavy atom. The van der Waals surface area contributed by atoms with Crippen LogP contribution < -0.4 is 15.0 Å². The van der Waals surface area contributed by atoms with E-state index in [2.05, 4.69) is 15.5 Å². The second-order valence-corrected chi connectivity index (χ2v) is 8.04. The van der Waals surface area contributed by atoms with Gasteiger partial charge in [0.15, 0.2) is 0 Å². The summed E-state index contributed by atoms with van der Waals surface area (Å²) in [5, 5.41) is 9.43. The van der Waals surface area contributed by atoms with Gasteiger partial charge in [-0.05, 0) is 68.8 Å². The first kappa shape index (κ1) is 22.0. The first-order valence-corrected chi connectivity index (χ1v) is 9.74. The molecule has 1 atom stereocenters. The fraction of sp³-hybridized carbons (Fsp3) is 0.261. The SMILES string of the molecule is COc1ccc(N(C(=O)c2ccn[nH]2)[C@H](C(=O)NC(C)(C)C)c2ccc(F)cc2)cc1. The molecule has 0 saturated carbocycles. The molecular formula is C23H25FN4O3. The van der Waals surface area contributed by atoms with Crippen LogP contribution in [0.15, 0.2) is 60.8 Å². The maximum absolute atomic E-state index is 13.6. The van der Waals surface area contributed by atoms with Gasteiger partial charge in [-0.1, -0.05) is 12.1 Å². The number of aromatic nitrogens is 2. The second-order valence-electron chi connectivity index (χ2n) is 8.04. The van der Waals surface area contributed by atoms with Crippen LogP contribution in [0.25, 0.3) is 0 Å². The lowest BCUT2D eigenvalue weighted by atomic mass is 10.0. The highest BCUT2D eigenvalue weighted by Gasteiger charge is 2.35. The lowest BCUT2D eigenvalue weighted by Crippen LogP contribution is -2.49. The van der Waals surface area contributed by atoms with E-state index in [9.17, 15) is 14.0 Å². The normalized spacial score (nSPS) is 12.2. The number of aromatic amines is 1. The number of carbonyl (C=O) groups is 2. The quantitative estimate of drug-likeness (QED) is 0.629. The zero-order valence-corrected chi connectivity index (χ0v) is 17.8. The lowest BCUT2D eigenvalue weighted by Gasteiger charge is -2.33. The van der Waals surface area contributed by atoms with Crippen molar-refractivity contribution in [3.05, 3.63) is 77.9 Å². The number of amides is 2. The average molecular weight is 424 g/mol. The Balaban J connectivity index is 2.16. The van der Waals surface area contributed by atoms with Crippen LogP contribution in [0.5, 0.6) is 5.75 Å². The van der Waals surface area contributed by atoms with Gasteiger partial charge >= 0.3 is 0 Å². The molecular weight excluding hydrogens is 399 g/mol. The molecule has 0 spiro atoms. The van der Waals surface area contributed by atoms with Crippen molar-refractivity contribution in [2.24, 2.45) is 0 Å². The van der Waals surface area contributed by atoms with E-state index in [1.54, 1.807) is 31.4 Å². The van der Waals surface area contributed by atoms with E-state index in [1.165, 1.54) is 41.4 Å². The van der Waals surface area contributed by atoms with Gasteiger partial charge in [0.1, 0.15) is 23.3 Å². The molecule has 1 heterocycles. The second kappa shape index (κ2) is 8.99. The third-order valence-electron chi connectivity index (χ3n) is 4.49. The first-order valence-electron chi connectivity index (χ1n) is 9.74. The lowest BCUT2D eigenvalue weighted by molar-refractivity contribution is -0.123. The molecule has 162 valence electrons. The van der Waals surface area contributed by atoms with Crippen LogP contribution >= 0.6 is 0 Å². The Hall–Kier alpha value is -3.68. The monoisotopic (exact) mass is 424 g/mol. The molecule has 3 aromatic rings. The summed E-state index contributed by atoms with van der Waals surface area (Å²) < 4.78 is 18.8. The van der Waals surface area contributed by atoms with Gasteiger partial charge in [0.05, 0.1) is 7.11 Å². The van der Waals surface area contributed by atoms with Gasteiger partial charge < -0.3 is 10.1 Å². The van der Waals surface area contributed by atoms with E-state index >= 15 is 0 Å². The van der Waals surface area contributed by atoms with Gasteiger partial charge in [-0.25, -0.2) is 4.39 Å². The molecule has 31 heavy (non-hydrogen) atoms. The number of rotatable bonds is 6. The number of hydrogen-bond acceptors (Lipinski definition) is 4. The van der Waals surface area contributed by atoms with Crippen molar-refractivity contribution < 1.29 is 18.7 Å². The number of anilines is 1. The van der Waals surface area contributed by atoms with Crippen molar-refractivity contribution >= 4 is 17.5 Å². The molecule has 3 rings (SSSR count). The number of nitrogens with one attached hydrogen (secondary N) is 2. The number of nitrogens with zero attached hydrogens (tertiary/aromatic N) is 2. The Bertz CT molecular complexity index is 1030. The molecule has 7 nitrogen and oxygen atoms in total. The van der Waals surface area contributed by atoms with Crippen molar-refractivity contribution in [3.63, 3.8) is 0 Å². The summed E-state index contributed by atoms with van der Waals surface area (Å²) in [6, 6.07) is 12.8. The van der Waals surface area contributed by atoms with Gasteiger partial charge in [0, 0.05) is 17.4 Å². The zero-order chi connectivity index (χ0) is 22.6. The summed E-state index contributed by atoms with van der Waals surface area (Å²) in [5.41, 5.74) is 0.606. The molecule has 0 bridgehead atoms. The minimum atomic E-state index is -1.05. The predicted octanol–water partition coefficient (Wildman–Crippen LogP) is 3.86. The van der Waals surface area contributed by atoms with Crippen LogP contribution in [0, 0.1) is 5.82 Å². The minimum absolute atomic E-state index is 0.214. The van der Waals surface area contributed by atoms with E-state index in [0.717, 1.165) is 0 Å². The van der Waals surface area contributed by atoms with Crippen molar-refractivity contribution in [1.29, 1.82) is 0 Å². The fourth-order valence-corrected chi connectivity index (χ4v) is 3.13. The van der Waals surface area contributed by atoms with E-state index in [-0.39, 0.29) is 5.69 Å². The maximum Gasteiger partial charge on any atom is 0.277 e. The number of benzene rings is 2. The number of methoxy groups -OCH3 is 1. The topological polar surface area (TPSA) is 87.3 Å². The fourth-order valence-electron chi connectivity index (χ4n) is 3.13. The molecule has 0 aliphatic rings. The predicted molar refractivity (Wildman–Crippen MR) is 115 cm³/mol. The summed E-state index contributed by atoms with van der Waals surface area (Å²) in [7, 11) is 1.54. The Kier molecular flexibility index (Phi) is 6.39. The molecule has 2 N–H and O–H groups in total. The minimum Gasteiger partial charge on any atom is -0.497 e. The highest BCUT2D eigenvalue weighted by molar-refractivity contribution is 6.09. The Morgan fingerprint density at radius 2 is 1.71 bits per heavy atom. The Morgan fingerprint density at radius 1 is 1.06 bits per heavy atom. The van der Waals surface area contributed by atoms with Gasteiger partial charge in [-0.3, -0.25) is 19.6 Å². The van der Waals surface area contributed by atoms with Crippen molar-refractivity contribution in [1.82, 2.24) is 15.5 Å². The largest absolute Gasteiger partial charge is 0.497 e. The molecule has 0 unspecified atom stereocenters. The van der Waals surface area contributed by atoms with Gasteiger partial charge in [-0.15, -0.1) is 0 Å². The van der Waals surface area contributed by atoms with Gasteiger partial charge in [0.2, 0.25) is 5.91 Å². The number of H-pyrrole nitrogens is 1. The van der Waals surface area contributed by atoms with Crippen LogP contribution in [0.2, 0.25) is 0 Å². The van der Waals surface area contributed by atoms with E-state index in [4.69, 9.17) is 4.74 Å². The summed E-state index contributed by atoms with van der Waals surface area (Å²) in [6.07, 6.45) is 1.46. The van der Waals surface area contributed by atoms with Crippen LogP contribution in [-0.4, -0.2) is 34.7 Å². The molecule has 0 radical (unpaired) electrons. The third kappa shape index (κ3) is 5.28. The summed E-state index contributed by atoms with van der Waals surface area (Å²) >= 11 is 0. The number of ether oxygens (including phenoxy) is 1. The molecule has 2 amide bonds. The zero-order valence-electron chi connectivity index (χ0n) is 17.8. The van der Waals surface area contributed by atoms with E-state index in [1.807, 2.05) is 20.8 Å². The number of carbonyl (C=O) groups excluding carboxylic acids is 2. The maximum atomic E-state index is 13.6. The molecule has 0 fully saturated rings. The molecule has 0 aliphatic heterocycles.